The minimum absolute atomic E-state index is 0.146. The average molecular weight is 273 g/mol. The molecule has 0 aliphatic carbocycles. The number of aryl methyl sites for hydroxylation is 1. The molecule has 0 saturated heterocycles. The van der Waals surface area contributed by atoms with Gasteiger partial charge in [0.25, 0.3) is 0 Å². The van der Waals surface area contributed by atoms with E-state index >= 15 is 0 Å². The molecular weight excluding hydrogens is 260 g/mol. The minimum atomic E-state index is -0.788. The van der Waals surface area contributed by atoms with Gasteiger partial charge in [0.15, 0.2) is 0 Å². The van der Waals surface area contributed by atoms with Crippen LogP contribution >= 0.6 is 15.9 Å². The van der Waals surface area contributed by atoms with E-state index < -0.39 is 5.97 Å². The fourth-order valence-electron chi connectivity index (χ4n) is 1.08. The number of carboxylic acids is 1. The number of aliphatic carboxylic acids is 1. The zero-order valence-electron chi connectivity index (χ0n) is 8.50. The maximum atomic E-state index is 10.2. The molecule has 0 atom stereocenters. The fourth-order valence-corrected chi connectivity index (χ4v) is 1.43. The van der Waals surface area contributed by atoms with Crippen LogP contribution in [-0.4, -0.2) is 17.7 Å². The van der Waals surface area contributed by atoms with E-state index in [9.17, 15) is 4.79 Å². The van der Waals surface area contributed by atoms with Crippen molar-refractivity contribution in [3.63, 3.8) is 0 Å². The van der Waals surface area contributed by atoms with E-state index in [-0.39, 0.29) is 6.42 Å². The van der Waals surface area contributed by atoms with Crippen molar-refractivity contribution in [1.29, 1.82) is 0 Å². The second kappa shape index (κ2) is 5.75. The number of carboxylic acid groups (broad SMARTS) is 1. The molecule has 0 saturated carbocycles. The molecule has 82 valence electrons. The molecule has 1 aromatic carbocycles. The molecule has 0 fully saturated rings. The molecule has 15 heavy (non-hydrogen) atoms. The molecule has 0 aromatic heterocycles. The third kappa shape index (κ3) is 4.34. The highest BCUT2D eigenvalue weighted by Gasteiger charge is 2.00. The van der Waals surface area contributed by atoms with E-state index in [4.69, 9.17) is 9.84 Å². The van der Waals surface area contributed by atoms with Gasteiger partial charge in [-0.15, -0.1) is 0 Å². The molecule has 0 heterocycles. The molecule has 0 aliphatic heterocycles. The van der Waals surface area contributed by atoms with Crippen molar-refractivity contribution in [3.05, 3.63) is 28.2 Å². The van der Waals surface area contributed by atoms with E-state index in [0.29, 0.717) is 13.0 Å². The van der Waals surface area contributed by atoms with Crippen LogP contribution in [0.4, 0.5) is 0 Å². The van der Waals surface area contributed by atoms with E-state index in [1.54, 1.807) is 0 Å². The summed E-state index contributed by atoms with van der Waals surface area (Å²) in [5, 5.41) is 8.43. The summed E-state index contributed by atoms with van der Waals surface area (Å²) in [4.78, 5) is 10.2. The largest absolute Gasteiger partial charge is 0.494 e. The van der Waals surface area contributed by atoms with Gasteiger partial charge in [-0.3, -0.25) is 4.79 Å². The van der Waals surface area contributed by atoms with Gasteiger partial charge in [-0.05, 0) is 31.0 Å². The minimum Gasteiger partial charge on any atom is -0.494 e. The molecule has 0 spiro atoms. The van der Waals surface area contributed by atoms with Crippen molar-refractivity contribution in [3.8, 4) is 5.75 Å². The average Bonchev–Trinajstić information content (AvgIpc) is 2.18. The standard InChI is InChI=1S/C11H13BrO3/c1-8-4-5-9(7-10(8)12)15-6-2-3-11(13)14/h4-5,7H,2-3,6H2,1H3,(H,13,14). The number of halogens is 1. The van der Waals surface area contributed by atoms with E-state index in [0.717, 1.165) is 15.8 Å². The Hall–Kier alpha value is -1.03. The molecule has 1 N–H and O–H groups in total. The van der Waals surface area contributed by atoms with Crippen molar-refractivity contribution < 1.29 is 14.6 Å². The highest BCUT2D eigenvalue weighted by atomic mass is 79.9. The van der Waals surface area contributed by atoms with Crippen molar-refractivity contribution >= 4 is 21.9 Å². The third-order valence-electron chi connectivity index (χ3n) is 1.95. The summed E-state index contributed by atoms with van der Waals surface area (Å²) < 4.78 is 6.40. The Bertz CT molecular complexity index is 350. The zero-order chi connectivity index (χ0) is 11.3. The summed E-state index contributed by atoms with van der Waals surface area (Å²) in [6.45, 7) is 2.43. The first-order chi connectivity index (χ1) is 7.09. The van der Waals surface area contributed by atoms with Gasteiger partial charge in [-0.25, -0.2) is 0 Å². The Morgan fingerprint density at radius 2 is 2.27 bits per heavy atom. The first-order valence-electron chi connectivity index (χ1n) is 4.70. The highest BCUT2D eigenvalue weighted by Crippen LogP contribution is 2.22. The van der Waals surface area contributed by atoms with Crippen LogP contribution in [0.15, 0.2) is 22.7 Å². The number of hydrogen-bond donors (Lipinski definition) is 1. The third-order valence-corrected chi connectivity index (χ3v) is 2.80. The number of carbonyl (C=O) groups is 1. The Morgan fingerprint density at radius 1 is 1.53 bits per heavy atom. The highest BCUT2D eigenvalue weighted by molar-refractivity contribution is 9.10. The Labute approximate surface area is 97.2 Å². The molecule has 0 radical (unpaired) electrons. The predicted molar refractivity (Wildman–Crippen MR) is 61.2 cm³/mol. The van der Waals surface area contributed by atoms with Gasteiger partial charge in [0, 0.05) is 10.9 Å². The van der Waals surface area contributed by atoms with Gasteiger partial charge in [0.2, 0.25) is 0 Å². The van der Waals surface area contributed by atoms with Crippen molar-refractivity contribution in [2.75, 3.05) is 6.61 Å². The zero-order valence-corrected chi connectivity index (χ0v) is 10.1. The van der Waals surface area contributed by atoms with Gasteiger partial charge in [0.05, 0.1) is 6.61 Å². The molecule has 0 amide bonds. The van der Waals surface area contributed by atoms with Crippen LogP contribution in [0.3, 0.4) is 0 Å². The first-order valence-corrected chi connectivity index (χ1v) is 5.49. The molecule has 3 nitrogen and oxygen atoms in total. The van der Waals surface area contributed by atoms with Crippen LogP contribution in [0.5, 0.6) is 5.75 Å². The van der Waals surface area contributed by atoms with Crippen LogP contribution in [-0.2, 0) is 4.79 Å². The summed E-state index contributed by atoms with van der Waals surface area (Å²) >= 11 is 3.40. The maximum absolute atomic E-state index is 10.2. The molecule has 0 unspecified atom stereocenters. The van der Waals surface area contributed by atoms with Crippen molar-refractivity contribution in [1.82, 2.24) is 0 Å². The summed E-state index contributed by atoms with van der Waals surface area (Å²) in [7, 11) is 0. The van der Waals surface area contributed by atoms with Crippen LogP contribution in [0, 0.1) is 6.92 Å². The lowest BCUT2D eigenvalue weighted by Gasteiger charge is -2.06. The van der Waals surface area contributed by atoms with Crippen LogP contribution in [0.2, 0.25) is 0 Å². The summed E-state index contributed by atoms with van der Waals surface area (Å²) in [6, 6.07) is 5.72. The lowest BCUT2D eigenvalue weighted by molar-refractivity contribution is -0.137. The summed E-state index contributed by atoms with van der Waals surface area (Å²) in [5.41, 5.74) is 1.15. The van der Waals surface area contributed by atoms with E-state index in [1.165, 1.54) is 0 Å². The second-order valence-electron chi connectivity index (χ2n) is 3.26. The van der Waals surface area contributed by atoms with Crippen molar-refractivity contribution in [2.24, 2.45) is 0 Å². The second-order valence-corrected chi connectivity index (χ2v) is 4.11. The van der Waals surface area contributed by atoms with Gasteiger partial charge in [-0.1, -0.05) is 22.0 Å². The number of hydrogen-bond acceptors (Lipinski definition) is 2. The maximum Gasteiger partial charge on any atom is 0.303 e. The molecular formula is C11H13BrO3. The molecule has 0 bridgehead atoms. The lowest BCUT2D eigenvalue weighted by atomic mass is 10.2. The monoisotopic (exact) mass is 272 g/mol. The van der Waals surface area contributed by atoms with Crippen molar-refractivity contribution in [2.45, 2.75) is 19.8 Å². The van der Waals surface area contributed by atoms with Crippen LogP contribution < -0.4 is 4.74 Å². The molecule has 0 aliphatic rings. The fraction of sp³-hybridized carbons (Fsp3) is 0.364. The first kappa shape index (κ1) is 12.0. The Kier molecular flexibility index (Phi) is 4.62. The SMILES string of the molecule is Cc1ccc(OCCCC(=O)O)cc1Br. The topological polar surface area (TPSA) is 46.5 Å². The molecule has 1 aromatic rings. The van der Waals surface area contributed by atoms with Gasteiger partial charge in [-0.2, -0.15) is 0 Å². The van der Waals surface area contributed by atoms with E-state index in [1.807, 2.05) is 25.1 Å². The predicted octanol–water partition coefficient (Wildman–Crippen LogP) is 3.00. The smallest absolute Gasteiger partial charge is 0.303 e. The Morgan fingerprint density at radius 3 is 2.87 bits per heavy atom. The normalized spacial score (nSPS) is 10.0. The number of benzene rings is 1. The number of ether oxygens (including phenoxy) is 1. The van der Waals surface area contributed by atoms with Gasteiger partial charge >= 0.3 is 5.97 Å². The van der Waals surface area contributed by atoms with Crippen LogP contribution in [0.1, 0.15) is 18.4 Å². The summed E-state index contributed by atoms with van der Waals surface area (Å²) in [5.74, 6) is -0.0263. The summed E-state index contributed by atoms with van der Waals surface area (Å²) in [6.07, 6.45) is 0.674. The van der Waals surface area contributed by atoms with Crippen LogP contribution in [0.25, 0.3) is 0 Å². The molecule has 4 heteroatoms. The Balaban J connectivity index is 2.38. The number of rotatable bonds is 5. The molecule has 1 rings (SSSR count). The van der Waals surface area contributed by atoms with E-state index in [2.05, 4.69) is 15.9 Å². The van der Waals surface area contributed by atoms with Gasteiger partial charge in [0.1, 0.15) is 5.75 Å². The quantitative estimate of drug-likeness (QED) is 0.839. The lowest BCUT2D eigenvalue weighted by Crippen LogP contribution is -2.02. The van der Waals surface area contributed by atoms with Gasteiger partial charge < -0.3 is 9.84 Å².